The molecule has 0 spiro atoms. The van der Waals surface area contributed by atoms with Crippen LogP contribution in [0.5, 0.6) is 0 Å². The molecule has 3 rings (SSSR count). The Bertz CT molecular complexity index is 499. The van der Waals surface area contributed by atoms with Crippen LogP contribution >= 0.6 is 11.8 Å². The fraction of sp³-hybridized carbons (Fsp3) is 0.692. The summed E-state index contributed by atoms with van der Waals surface area (Å²) in [4.78, 5) is 24.6. The summed E-state index contributed by atoms with van der Waals surface area (Å²) in [5, 5.41) is 11.2. The number of likely N-dealkylation sites (tertiary alicyclic amines) is 1. The number of carbonyl (C=O) groups is 2. The first-order valence-electron chi connectivity index (χ1n) is 6.90. The van der Waals surface area contributed by atoms with Crippen LogP contribution in [-0.4, -0.2) is 65.1 Å². The molecule has 0 bridgehead atoms. The summed E-state index contributed by atoms with van der Waals surface area (Å²) in [7, 11) is 2.15. The van der Waals surface area contributed by atoms with E-state index in [0.29, 0.717) is 12.3 Å². The Morgan fingerprint density at radius 3 is 2.75 bits per heavy atom. The van der Waals surface area contributed by atoms with Crippen molar-refractivity contribution >= 4 is 23.6 Å². The Hall–Kier alpha value is -1.05. The average Bonchev–Trinajstić information content (AvgIpc) is 2.83. The number of amides is 1. The van der Waals surface area contributed by atoms with Gasteiger partial charge in [0.2, 0.25) is 5.91 Å². The number of rotatable bonds is 3. The predicted molar refractivity (Wildman–Crippen MR) is 73.1 cm³/mol. The quantitative estimate of drug-likeness (QED) is 0.505. The number of quaternary nitrogens is 1. The maximum Gasteiger partial charge on any atom is 0.248 e. The number of thioether (sulfide) groups is 1. The standard InChI is InChI=1S/C13H19N3O3S/c1-16(4-2-3-5-16)6-8-7-20-12-9(14)11(17)15(12)10(8)13(18)19/h9,12H,2-7,14H2,1H3/t9-,12+/m1/s1. The molecule has 2 atom stereocenters. The summed E-state index contributed by atoms with van der Waals surface area (Å²) in [5.74, 6) is -0.932. The maximum atomic E-state index is 11.8. The topological polar surface area (TPSA) is 86.5 Å². The molecule has 7 heteroatoms. The number of carboxylic acid groups (broad SMARTS) is 1. The van der Waals surface area contributed by atoms with Crippen molar-refractivity contribution in [2.45, 2.75) is 24.3 Å². The van der Waals surface area contributed by atoms with E-state index in [-0.39, 0.29) is 17.0 Å². The lowest BCUT2D eigenvalue weighted by atomic mass is 10.0. The largest absolute Gasteiger partial charge is 0.543 e. The van der Waals surface area contributed by atoms with Gasteiger partial charge < -0.3 is 20.1 Å². The van der Waals surface area contributed by atoms with Gasteiger partial charge in [0, 0.05) is 24.2 Å². The summed E-state index contributed by atoms with van der Waals surface area (Å²) in [6.07, 6.45) is 2.35. The molecule has 0 aromatic rings. The van der Waals surface area contributed by atoms with E-state index in [0.717, 1.165) is 23.1 Å². The van der Waals surface area contributed by atoms with Crippen LogP contribution in [0.3, 0.4) is 0 Å². The van der Waals surface area contributed by atoms with Crippen molar-refractivity contribution in [2.75, 3.05) is 32.4 Å². The second kappa shape index (κ2) is 4.75. The first-order chi connectivity index (χ1) is 9.43. The Morgan fingerprint density at radius 2 is 2.15 bits per heavy atom. The summed E-state index contributed by atoms with van der Waals surface area (Å²) >= 11 is 1.56. The molecule has 0 saturated carbocycles. The minimum Gasteiger partial charge on any atom is -0.543 e. The van der Waals surface area contributed by atoms with Gasteiger partial charge in [-0.2, -0.15) is 0 Å². The van der Waals surface area contributed by atoms with Crippen LogP contribution in [0, 0.1) is 0 Å². The zero-order valence-electron chi connectivity index (χ0n) is 11.5. The highest BCUT2D eigenvalue weighted by Gasteiger charge is 2.50. The first kappa shape index (κ1) is 13.9. The van der Waals surface area contributed by atoms with Crippen molar-refractivity contribution in [2.24, 2.45) is 5.73 Å². The van der Waals surface area contributed by atoms with Gasteiger partial charge in [0.1, 0.15) is 18.0 Å². The minimum absolute atomic E-state index is 0.0756. The van der Waals surface area contributed by atoms with E-state index in [1.807, 2.05) is 0 Å². The molecule has 1 amide bonds. The summed E-state index contributed by atoms with van der Waals surface area (Å²) in [6, 6.07) is -0.576. The lowest BCUT2D eigenvalue weighted by Gasteiger charge is -2.50. The molecule has 6 nitrogen and oxygen atoms in total. The number of β-lactam (4-membered cyclic amide) rings is 1. The summed E-state index contributed by atoms with van der Waals surface area (Å²) in [5.41, 5.74) is 6.61. The third-order valence-electron chi connectivity index (χ3n) is 4.50. The molecule has 0 aliphatic carbocycles. The van der Waals surface area contributed by atoms with Crippen molar-refractivity contribution < 1.29 is 19.2 Å². The number of hydrogen-bond donors (Lipinski definition) is 1. The summed E-state index contributed by atoms with van der Waals surface area (Å²) < 4.78 is 0.853. The number of fused-ring (bicyclic) bond motifs is 1. The van der Waals surface area contributed by atoms with Crippen LogP contribution in [0.1, 0.15) is 12.8 Å². The van der Waals surface area contributed by atoms with Crippen LogP contribution in [0.4, 0.5) is 0 Å². The van der Waals surface area contributed by atoms with Gasteiger partial charge in [-0.1, -0.05) is 0 Å². The number of hydrogen-bond acceptors (Lipinski definition) is 5. The third kappa shape index (κ3) is 2.04. The van der Waals surface area contributed by atoms with Gasteiger partial charge in [-0.25, -0.2) is 0 Å². The Balaban J connectivity index is 1.90. The molecular formula is C13H19N3O3S. The molecule has 3 heterocycles. The number of aliphatic carboxylic acids is 1. The highest BCUT2D eigenvalue weighted by atomic mass is 32.2. The van der Waals surface area contributed by atoms with E-state index in [1.54, 1.807) is 11.8 Å². The minimum atomic E-state index is -1.25. The van der Waals surface area contributed by atoms with Crippen molar-refractivity contribution in [1.29, 1.82) is 0 Å². The van der Waals surface area contributed by atoms with Crippen LogP contribution in [0.15, 0.2) is 11.3 Å². The molecule has 20 heavy (non-hydrogen) atoms. The van der Waals surface area contributed by atoms with Gasteiger partial charge in [-0.15, -0.1) is 11.8 Å². The molecular weight excluding hydrogens is 278 g/mol. The third-order valence-corrected chi connectivity index (χ3v) is 5.86. The number of carbonyl (C=O) groups excluding carboxylic acids is 2. The molecule has 2 saturated heterocycles. The van der Waals surface area contributed by atoms with Crippen LogP contribution in [0.25, 0.3) is 0 Å². The predicted octanol–water partition coefficient (Wildman–Crippen LogP) is -1.53. The highest BCUT2D eigenvalue weighted by molar-refractivity contribution is 8.00. The Kier molecular flexibility index (Phi) is 3.30. The van der Waals surface area contributed by atoms with Crippen LogP contribution < -0.4 is 10.8 Å². The van der Waals surface area contributed by atoms with Gasteiger partial charge in [0.05, 0.1) is 31.8 Å². The SMILES string of the molecule is C[N+]1(CC2=C(C(=O)[O-])N3C(=O)[C@@H](N)[C@@H]3SC2)CCCC1. The number of nitrogens with two attached hydrogens (primary N) is 1. The zero-order valence-corrected chi connectivity index (χ0v) is 12.3. The van der Waals surface area contributed by atoms with Crippen molar-refractivity contribution in [3.8, 4) is 0 Å². The lowest BCUT2D eigenvalue weighted by Crippen LogP contribution is -2.69. The number of carboxylic acids is 1. The van der Waals surface area contributed by atoms with E-state index in [1.165, 1.54) is 17.7 Å². The lowest BCUT2D eigenvalue weighted by molar-refractivity contribution is -0.893. The van der Waals surface area contributed by atoms with Crippen LogP contribution in [0.2, 0.25) is 0 Å². The molecule has 0 unspecified atom stereocenters. The summed E-state index contributed by atoms with van der Waals surface area (Å²) in [6.45, 7) is 2.80. The van der Waals surface area contributed by atoms with E-state index in [2.05, 4.69) is 7.05 Å². The molecule has 0 radical (unpaired) electrons. The molecule has 0 aromatic heterocycles. The average molecular weight is 297 g/mol. The van der Waals surface area contributed by atoms with Gasteiger partial charge in [0.25, 0.3) is 0 Å². The Morgan fingerprint density at radius 1 is 1.50 bits per heavy atom. The first-order valence-corrected chi connectivity index (χ1v) is 7.95. The van der Waals surface area contributed by atoms with Gasteiger partial charge in [-0.05, 0) is 0 Å². The molecule has 0 aromatic carbocycles. The van der Waals surface area contributed by atoms with Gasteiger partial charge in [0.15, 0.2) is 0 Å². The second-order valence-corrected chi connectivity index (χ2v) is 7.21. The fourth-order valence-corrected chi connectivity index (χ4v) is 4.69. The normalized spacial score (nSPS) is 32.1. The Labute approximate surface area is 122 Å². The number of nitrogens with zero attached hydrogens (tertiary/aromatic N) is 2. The van der Waals surface area contributed by atoms with Crippen molar-refractivity contribution in [3.05, 3.63) is 11.3 Å². The maximum absolute atomic E-state index is 11.8. The molecule has 2 N–H and O–H groups in total. The van der Waals surface area contributed by atoms with Gasteiger partial charge in [-0.3, -0.25) is 9.69 Å². The molecule has 110 valence electrons. The number of likely N-dealkylation sites (N-methyl/N-ethyl adjacent to an activating group) is 1. The van der Waals surface area contributed by atoms with Crippen molar-refractivity contribution in [1.82, 2.24) is 4.90 Å². The van der Waals surface area contributed by atoms with Gasteiger partial charge >= 0.3 is 0 Å². The second-order valence-electron chi connectivity index (χ2n) is 6.11. The smallest absolute Gasteiger partial charge is 0.248 e. The van der Waals surface area contributed by atoms with E-state index in [9.17, 15) is 14.7 Å². The van der Waals surface area contributed by atoms with E-state index < -0.39 is 12.0 Å². The van der Waals surface area contributed by atoms with Crippen molar-refractivity contribution in [3.63, 3.8) is 0 Å². The van der Waals surface area contributed by atoms with Crippen LogP contribution in [-0.2, 0) is 9.59 Å². The molecule has 3 aliphatic rings. The van der Waals surface area contributed by atoms with E-state index >= 15 is 0 Å². The highest BCUT2D eigenvalue weighted by Crippen LogP contribution is 2.40. The fourth-order valence-electron chi connectivity index (χ4n) is 3.41. The zero-order chi connectivity index (χ0) is 14.5. The van der Waals surface area contributed by atoms with E-state index in [4.69, 9.17) is 5.73 Å². The monoisotopic (exact) mass is 297 g/mol. The molecule has 2 fully saturated rings. The molecule has 3 aliphatic heterocycles.